The van der Waals surface area contributed by atoms with Gasteiger partial charge in [0.05, 0.1) is 23.6 Å². The van der Waals surface area contributed by atoms with Gasteiger partial charge in [-0.15, -0.1) is 0 Å². The highest BCUT2D eigenvalue weighted by Gasteiger charge is 2.15. The van der Waals surface area contributed by atoms with Crippen molar-refractivity contribution in [1.29, 1.82) is 0 Å². The third kappa shape index (κ3) is 2.58. The first-order chi connectivity index (χ1) is 12.1. The number of hydrogen-bond donors (Lipinski definition) is 2. The van der Waals surface area contributed by atoms with Gasteiger partial charge in [-0.1, -0.05) is 6.07 Å². The zero-order chi connectivity index (χ0) is 17.6. The van der Waals surface area contributed by atoms with Crippen molar-refractivity contribution in [3.05, 3.63) is 53.7 Å². The molecule has 0 bridgehead atoms. The molecule has 4 rings (SSSR count). The molecule has 0 aliphatic carbocycles. The molecule has 25 heavy (non-hydrogen) atoms. The van der Waals surface area contributed by atoms with Crippen molar-refractivity contribution in [2.24, 2.45) is 12.8 Å². The van der Waals surface area contributed by atoms with Crippen LogP contribution in [-0.4, -0.2) is 25.0 Å². The molecule has 7 heteroatoms. The lowest BCUT2D eigenvalue weighted by Gasteiger charge is -2.09. The number of hydrogen-bond acceptors (Lipinski definition) is 4. The summed E-state index contributed by atoms with van der Waals surface area (Å²) >= 11 is 0. The Bertz CT molecular complexity index is 1060. The second-order valence-electron chi connectivity index (χ2n) is 6.06. The Morgan fingerprint density at radius 2 is 2.08 bits per heavy atom. The van der Waals surface area contributed by atoms with E-state index < -0.39 is 0 Å². The van der Waals surface area contributed by atoms with Crippen molar-refractivity contribution in [2.75, 3.05) is 0 Å². The molecular weight excluding hydrogens is 319 g/mol. The lowest BCUT2D eigenvalue weighted by Crippen LogP contribution is -2.00. The first kappa shape index (κ1) is 15.5. The molecule has 0 aliphatic heterocycles. The van der Waals surface area contributed by atoms with Crippen LogP contribution in [-0.2, 0) is 13.6 Å². The predicted molar refractivity (Wildman–Crippen MR) is 94.1 cm³/mol. The van der Waals surface area contributed by atoms with Crippen molar-refractivity contribution in [3.63, 3.8) is 0 Å². The molecular formula is C18H17FN6. The lowest BCUT2D eigenvalue weighted by atomic mass is 10.00. The highest BCUT2D eigenvalue weighted by atomic mass is 19.1. The Morgan fingerprint density at radius 3 is 2.76 bits per heavy atom. The molecule has 0 amide bonds. The minimum atomic E-state index is -0.321. The minimum Gasteiger partial charge on any atom is -0.326 e. The van der Waals surface area contributed by atoms with Gasteiger partial charge >= 0.3 is 0 Å². The summed E-state index contributed by atoms with van der Waals surface area (Å²) in [5.74, 6) is -0.321. The van der Waals surface area contributed by atoms with Gasteiger partial charge < -0.3 is 5.73 Å². The van der Waals surface area contributed by atoms with Gasteiger partial charge in [0.15, 0.2) is 0 Å². The van der Waals surface area contributed by atoms with Gasteiger partial charge in [0.25, 0.3) is 0 Å². The number of nitrogens with one attached hydrogen (secondary N) is 1. The van der Waals surface area contributed by atoms with Crippen LogP contribution in [0.15, 0.2) is 36.8 Å². The van der Waals surface area contributed by atoms with Crippen LogP contribution >= 0.6 is 0 Å². The van der Waals surface area contributed by atoms with Crippen molar-refractivity contribution in [1.82, 2.24) is 25.0 Å². The fraction of sp³-hybridized carbons (Fsp3) is 0.167. The number of H-pyrrole nitrogens is 1. The average Bonchev–Trinajstić information content (AvgIpc) is 3.19. The number of benzene rings is 1. The molecule has 0 radical (unpaired) electrons. The minimum absolute atomic E-state index is 0.303. The summed E-state index contributed by atoms with van der Waals surface area (Å²) in [4.78, 5) is 4.40. The number of nitrogens with zero attached hydrogens (tertiary/aromatic N) is 4. The quantitative estimate of drug-likeness (QED) is 0.602. The van der Waals surface area contributed by atoms with Crippen molar-refractivity contribution in [2.45, 2.75) is 13.5 Å². The summed E-state index contributed by atoms with van der Waals surface area (Å²) < 4.78 is 16.3. The Hall–Kier alpha value is -3.06. The number of rotatable bonds is 3. The van der Waals surface area contributed by atoms with E-state index in [1.807, 2.05) is 32.3 Å². The molecule has 0 saturated heterocycles. The molecule has 6 nitrogen and oxygen atoms in total. The van der Waals surface area contributed by atoms with Gasteiger partial charge in [0.2, 0.25) is 0 Å². The third-order valence-electron chi connectivity index (χ3n) is 4.26. The van der Waals surface area contributed by atoms with E-state index in [4.69, 9.17) is 5.73 Å². The topological polar surface area (TPSA) is 85.4 Å². The molecule has 3 aromatic heterocycles. The summed E-state index contributed by atoms with van der Waals surface area (Å²) in [6.07, 6.45) is 5.31. The third-order valence-corrected chi connectivity index (χ3v) is 4.26. The smallest absolute Gasteiger partial charge is 0.133 e. The van der Waals surface area contributed by atoms with Crippen molar-refractivity contribution in [3.8, 4) is 22.5 Å². The van der Waals surface area contributed by atoms with Crippen molar-refractivity contribution >= 4 is 10.9 Å². The van der Waals surface area contributed by atoms with E-state index in [-0.39, 0.29) is 5.82 Å². The van der Waals surface area contributed by atoms with Crippen LogP contribution in [0.25, 0.3) is 33.4 Å². The summed E-state index contributed by atoms with van der Waals surface area (Å²) in [6, 6.07) is 5.21. The fourth-order valence-electron chi connectivity index (χ4n) is 3.07. The number of aromatic amines is 1. The zero-order valence-corrected chi connectivity index (χ0v) is 13.9. The van der Waals surface area contributed by atoms with E-state index in [0.29, 0.717) is 17.8 Å². The van der Waals surface area contributed by atoms with Crippen LogP contribution in [0, 0.1) is 12.7 Å². The van der Waals surface area contributed by atoms with Crippen LogP contribution in [0.5, 0.6) is 0 Å². The van der Waals surface area contributed by atoms with Gasteiger partial charge in [-0.2, -0.15) is 10.2 Å². The number of aromatic nitrogens is 5. The predicted octanol–water partition coefficient (Wildman–Crippen LogP) is 2.93. The molecule has 0 fully saturated rings. The molecule has 3 N–H and O–H groups in total. The fourth-order valence-corrected chi connectivity index (χ4v) is 3.07. The molecule has 126 valence electrons. The van der Waals surface area contributed by atoms with E-state index in [1.165, 1.54) is 6.07 Å². The monoisotopic (exact) mass is 336 g/mol. The summed E-state index contributed by atoms with van der Waals surface area (Å²) in [5.41, 5.74) is 10.7. The van der Waals surface area contributed by atoms with E-state index in [2.05, 4.69) is 20.3 Å². The van der Waals surface area contributed by atoms with Gasteiger partial charge in [-0.25, -0.2) is 4.39 Å². The molecule has 0 saturated carbocycles. The van der Waals surface area contributed by atoms with Crippen LogP contribution in [0.1, 0.15) is 11.1 Å². The average molecular weight is 336 g/mol. The standard InChI is InChI=1S/C18H17FN6/c1-10-3-11(6-20)4-14(19)17(10)15-5-13-16(8-21-15)23-24-18(13)12-7-22-25(2)9-12/h3-5,7-9H,6,20H2,1-2H3,(H,23,24). The number of aryl methyl sites for hydroxylation is 2. The number of pyridine rings is 1. The maximum absolute atomic E-state index is 14.6. The Morgan fingerprint density at radius 1 is 1.24 bits per heavy atom. The van der Waals surface area contributed by atoms with E-state index >= 15 is 0 Å². The second-order valence-corrected chi connectivity index (χ2v) is 6.06. The summed E-state index contributed by atoms with van der Waals surface area (Å²) in [5, 5.41) is 12.4. The second kappa shape index (κ2) is 5.78. The molecule has 0 atom stereocenters. The van der Waals surface area contributed by atoms with Gasteiger partial charge in [-0.05, 0) is 30.2 Å². The van der Waals surface area contributed by atoms with Crippen LogP contribution in [0.2, 0.25) is 0 Å². The van der Waals surface area contributed by atoms with Crippen LogP contribution < -0.4 is 5.73 Å². The summed E-state index contributed by atoms with van der Waals surface area (Å²) in [7, 11) is 1.85. The number of halogens is 1. The molecule has 0 unspecified atom stereocenters. The van der Waals surface area contributed by atoms with Gasteiger partial charge in [0.1, 0.15) is 11.5 Å². The largest absolute Gasteiger partial charge is 0.326 e. The SMILES string of the molecule is Cc1cc(CN)cc(F)c1-c1cc2c(-c3cnn(C)c3)n[nH]c2cn1. The highest BCUT2D eigenvalue weighted by Crippen LogP contribution is 2.31. The lowest BCUT2D eigenvalue weighted by molar-refractivity contribution is 0.627. The maximum atomic E-state index is 14.6. The normalized spacial score (nSPS) is 11.4. The van der Waals surface area contributed by atoms with Crippen LogP contribution in [0.3, 0.4) is 0 Å². The first-order valence-corrected chi connectivity index (χ1v) is 7.89. The molecule has 0 aliphatic rings. The van der Waals surface area contributed by atoms with E-state index in [0.717, 1.165) is 33.3 Å². The van der Waals surface area contributed by atoms with Gasteiger partial charge in [-0.3, -0.25) is 14.8 Å². The van der Waals surface area contributed by atoms with Crippen LogP contribution in [0.4, 0.5) is 4.39 Å². The van der Waals surface area contributed by atoms with Gasteiger partial charge in [0, 0.05) is 36.3 Å². The molecule has 0 spiro atoms. The number of nitrogens with two attached hydrogens (primary N) is 1. The van der Waals surface area contributed by atoms with E-state index in [1.54, 1.807) is 17.1 Å². The Kier molecular flexibility index (Phi) is 3.58. The number of fused-ring (bicyclic) bond motifs is 1. The Balaban J connectivity index is 1.90. The zero-order valence-electron chi connectivity index (χ0n) is 13.9. The molecule has 1 aromatic carbocycles. The first-order valence-electron chi connectivity index (χ1n) is 7.89. The summed E-state index contributed by atoms with van der Waals surface area (Å²) in [6.45, 7) is 2.16. The molecule has 3 heterocycles. The van der Waals surface area contributed by atoms with E-state index in [9.17, 15) is 4.39 Å². The Labute approximate surface area is 143 Å². The van der Waals surface area contributed by atoms with Crippen molar-refractivity contribution < 1.29 is 4.39 Å². The molecule has 4 aromatic rings. The highest BCUT2D eigenvalue weighted by molar-refractivity contribution is 5.94. The maximum Gasteiger partial charge on any atom is 0.133 e.